The van der Waals surface area contributed by atoms with Crippen LogP contribution in [0.5, 0.6) is 0 Å². The van der Waals surface area contributed by atoms with Crippen LogP contribution in [0.4, 0.5) is 5.69 Å². The molecule has 7 heteroatoms. The van der Waals surface area contributed by atoms with Crippen LogP contribution in [0, 0.1) is 5.92 Å². The van der Waals surface area contributed by atoms with Crippen molar-refractivity contribution < 1.29 is 14.4 Å². The molecule has 7 nitrogen and oxygen atoms in total. The van der Waals surface area contributed by atoms with Crippen molar-refractivity contribution in [2.45, 2.75) is 38.6 Å². The maximum absolute atomic E-state index is 12.2. The molecule has 2 fully saturated rings. The summed E-state index contributed by atoms with van der Waals surface area (Å²) < 4.78 is 0. The fraction of sp³-hybridized carbons (Fsp3) is 0.529. The highest BCUT2D eigenvalue weighted by atomic mass is 16.2. The molecule has 2 aliphatic heterocycles. The average molecular weight is 330 g/mol. The van der Waals surface area contributed by atoms with E-state index in [1.54, 1.807) is 12.3 Å². The standard InChI is InChI=1S/C17H22N4O3/c1-11-6-8-21(9-7-11)12-2-3-13(18-10-12)16(23)19-14-4-5-15(22)20-17(14)24/h2-3,10-11,14H,4-9H2,1H3,(H,19,23)(H,20,22,24). The van der Waals surface area contributed by atoms with Crippen molar-refractivity contribution in [2.75, 3.05) is 18.0 Å². The number of hydrogen-bond acceptors (Lipinski definition) is 5. The van der Waals surface area contributed by atoms with Gasteiger partial charge in [-0.1, -0.05) is 6.92 Å². The minimum absolute atomic E-state index is 0.233. The molecule has 0 saturated carbocycles. The molecule has 0 aliphatic carbocycles. The summed E-state index contributed by atoms with van der Waals surface area (Å²) in [5.74, 6) is -0.404. The maximum Gasteiger partial charge on any atom is 0.270 e. The highest BCUT2D eigenvalue weighted by Gasteiger charge is 2.28. The molecular weight excluding hydrogens is 308 g/mol. The van der Waals surface area contributed by atoms with E-state index in [2.05, 4.69) is 27.4 Å². The quantitative estimate of drug-likeness (QED) is 0.802. The van der Waals surface area contributed by atoms with E-state index in [1.165, 1.54) is 0 Å². The number of aromatic nitrogens is 1. The van der Waals surface area contributed by atoms with E-state index in [0.717, 1.165) is 37.5 Å². The SMILES string of the molecule is CC1CCN(c2ccc(C(=O)NC3CCC(=O)NC3=O)nc2)CC1. The lowest BCUT2D eigenvalue weighted by Gasteiger charge is -2.31. The highest BCUT2D eigenvalue weighted by molar-refractivity contribution is 6.03. The summed E-state index contributed by atoms with van der Waals surface area (Å²) in [6.45, 7) is 4.27. The Morgan fingerprint density at radius 3 is 2.62 bits per heavy atom. The zero-order valence-corrected chi connectivity index (χ0v) is 13.7. The number of carbonyl (C=O) groups is 3. The molecule has 3 amide bonds. The van der Waals surface area contributed by atoms with Crippen LogP contribution in [0.2, 0.25) is 0 Å². The average Bonchev–Trinajstić information content (AvgIpc) is 2.58. The molecular formula is C17H22N4O3. The number of pyridine rings is 1. The van der Waals surface area contributed by atoms with Gasteiger partial charge in [0.05, 0.1) is 11.9 Å². The van der Waals surface area contributed by atoms with E-state index >= 15 is 0 Å². The van der Waals surface area contributed by atoms with Crippen molar-refractivity contribution in [1.29, 1.82) is 0 Å². The van der Waals surface area contributed by atoms with Crippen LogP contribution in [0.15, 0.2) is 18.3 Å². The van der Waals surface area contributed by atoms with E-state index in [0.29, 0.717) is 6.42 Å². The Morgan fingerprint density at radius 1 is 1.25 bits per heavy atom. The first-order valence-corrected chi connectivity index (χ1v) is 8.38. The lowest BCUT2D eigenvalue weighted by Crippen LogP contribution is -2.52. The van der Waals surface area contributed by atoms with Crippen LogP contribution in [-0.2, 0) is 9.59 Å². The molecule has 1 aromatic rings. The zero-order valence-electron chi connectivity index (χ0n) is 13.7. The summed E-state index contributed by atoms with van der Waals surface area (Å²) in [7, 11) is 0. The third-order valence-corrected chi connectivity index (χ3v) is 4.67. The predicted molar refractivity (Wildman–Crippen MR) is 88.5 cm³/mol. The number of nitrogens with one attached hydrogen (secondary N) is 2. The number of amides is 3. The number of piperidine rings is 2. The normalized spacial score (nSPS) is 22.2. The second-order valence-corrected chi connectivity index (χ2v) is 6.55. The predicted octanol–water partition coefficient (Wildman–Crippen LogP) is 0.853. The number of anilines is 1. The minimum Gasteiger partial charge on any atom is -0.370 e. The molecule has 24 heavy (non-hydrogen) atoms. The van der Waals surface area contributed by atoms with E-state index in [1.807, 2.05) is 6.07 Å². The maximum atomic E-state index is 12.2. The van der Waals surface area contributed by atoms with Gasteiger partial charge in [0.25, 0.3) is 5.91 Å². The molecule has 0 radical (unpaired) electrons. The molecule has 2 saturated heterocycles. The Bertz CT molecular complexity index is 636. The molecule has 1 unspecified atom stereocenters. The lowest BCUT2D eigenvalue weighted by atomic mass is 9.99. The Kier molecular flexibility index (Phi) is 4.78. The molecule has 3 rings (SSSR count). The van der Waals surface area contributed by atoms with Crippen LogP contribution in [0.3, 0.4) is 0 Å². The molecule has 0 bridgehead atoms. The van der Waals surface area contributed by atoms with E-state index in [-0.39, 0.29) is 18.0 Å². The molecule has 3 heterocycles. The summed E-state index contributed by atoms with van der Waals surface area (Å²) in [6, 6.07) is 2.89. The number of imide groups is 1. The first kappa shape index (κ1) is 16.4. The van der Waals surface area contributed by atoms with Gasteiger partial charge in [-0.3, -0.25) is 19.7 Å². The molecule has 2 aliphatic rings. The van der Waals surface area contributed by atoms with Crippen LogP contribution in [-0.4, -0.2) is 41.8 Å². The molecule has 0 aromatic carbocycles. The van der Waals surface area contributed by atoms with Gasteiger partial charge < -0.3 is 10.2 Å². The largest absolute Gasteiger partial charge is 0.370 e. The Balaban J connectivity index is 1.59. The summed E-state index contributed by atoms with van der Waals surface area (Å²) in [5, 5.41) is 4.85. The smallest absolute Gasteiger partial charge is 0.270 e. The van der Waals surface area contributed by atoms with Crippen LogP contribution < -0.4 is 15.5 Å². The third kappa shape index (κ3) is 3.72. The summed E-state index contributed by atoms with van der Waals surface area (Å²) in [5.41, 5.74) is 1.29. The molecule has 128 valence electrons. The van der Waals surface area contributed by atoms with Crippen LogP contribution in [0.25, 0.3) is 0 Å². The van der Waals surface area contributed by atoms with Gasteiger partial charge in [-0.2, -0.15) is 0 Å². The Morgan fingerprint density at radius 2 is 2.00 bits per heavy atom. The summed E-state index contributed by atoms with van der Waals surface area (Å²) in [6.07, 6.45) is 4.59. The second-order valence-electron chi connectivity index (χ2n) is 6.55. The van der Waals surface area contributed by atoms with Gasteiger partial charge in [0.15, 0.2) is 0 Å². The number of nitrogens with zero attached hydrogens (tertiary/aromatic N) is 2. The second kappa shape index (κ2) is 6.98. The number of hydrogen-bond donors (Lipinski definition) is 2. The van der Waals surface area contributed by atoms with Crippen molar-refractivity contribution in [3.63, 3.8) is 0 Å². The van der Waals surface area contributed by atoms with E-state index < -0.39 is 17.9 Å². The van der Waals surface area contributed by atoms with Gasteiger partial charge in [-0.05, 0) is 37.3 Å². The Labute approximate surface area is 140 Å². The molecule has 1 atom stereocenters. The van der Waals surface area contributed by atoms with Crippen molar-refractivity contribution in [1.82, 2.24) is 15.6 Å². The van der Waals surface area contributed by atoms with Crippen LogP contribution >= 0.6 is 0 Å². The number of rotatable bonds is 3. The third-order valence-electron chi connectivity index (χ3n) is 4.67. The topological polar surface area (TPSA) is 91.4 Å². The minimum atomic E-state index is -0.680. The molecule has 2 N–H and O–H groups in total. The first-order chi connectivity index (χ1) is 11.5. The summed E-state index contributed by atoms with van der Waals surface area (Å²) in [4.78, 5) is 41.5. The van der Waals surface area contributed by atoms with Crippen molar-refractivity contribution >= 4 is 23.4 Å². The Hall–Kier alpha value is -2.44. The van der Waals surface area contributed by atoms with Gasteiger partial charge in [-0.15, -0.1) is 0 Å². The van der Waals surface area contributed by atoms with Gasteiger partial charge in [0.1, 0.15) is 11.7 Å². The summed E-state index contributed by atoms with van der Waals surface area (Å²) >= 11 is 0. The van der Waals surface area contributed by atoms with E-state index in [4.69, 9.17) is 0 Å². The van der Waals surface area contributed by atoms with Crippen molar-refractivity contribution in [2.24, 2.45) is 5.92 Å². The van der Waals surface area contributed by atoms with Gasteiger partial charge >= 0.3 is 0 Å². The van der Waals surface area contributed by atoms with Gasteiger partial charge in [0.2, 0.25) is 11.8 Å². The van der Waals surface area contributed by atoms with Gasteiger partial charge in [0, 0.05) is 19.5 Å². The molecule has 1 aromatic heterocycles. The number of carbonyl (C=O) groups excluding carboxylic acids is 3. The van der Waals surface area contributed by atoms with E-state index in [9.17, 15) is 14.4 Å². The fourth-order valence-electron chi connectivity index (χ4n) is 3.04. The van der Waals surface area contributed by atoms with Gasteiger partial charge in [-0.25, -0.2) is 4.98 Å². The van der Waals surface area contributed by atoms with Crippen molar-refractivity contribution in [3.8, 4) is 0 Å². The molecule has 0 spiro atoms. The fourth-order valence-corrected chi connectivity index (χ4v) is 3.04. The first-order valence-electron chi connectivity index (χ1n) is 8.38. The monoisotopic (exact) mass is 330 g/mol. The highest BCUT2D eigenvalue weighted by Crippen LogP contribution is 2.22. The van der Waals surface area contributed by atoms with Crippen molar-refractivity contribution in [3.05, 3.63) is 24.0 Å². The van der Waals surface area contributed by atoms with Crippen LogP contribution in [0.1, 0.15) is 43.1 Å². The zero-order chi connectivity index (χ0) is 17.1. The lowest BCUT2D eigenvalue weighted by molar-refractivity contribution is -0.134.